The number of aromatic nitrogens is 1. The number of nitrogens with zero attached hydrogens (tertiary/aromatic N) is 2. The molecule has 2 aromatic carbocycles. The average molecular weight is 408 g/mol. The number of Topliss-reactive ketones (excluding diaryl/α,β-unsaturated/α-hetero) is 1. The van der Waals surface area contributed by atoms with Gasteiger partial charge >= 0.3 is 5.97 Å². The molecule has 29 heavy (non-hydrogen) atoms. The third kappa shape index (κ3) is 4.61. The molecule has 0 amide bonds. The van der Waals surface area contributed by atoms with Gasteiger partial charge in [-0.05, 0) is 42.3 Å². The SMILES string of the molecule is COc1ccc2cc([C@H](C)C(=O)OCC(=O)[C@@H](C#N)c3nc(C)cs3)ccc2c1. The molecule has 0 unspecified atom stereocenters. The summed E-state index contributed by atoms with van der Waals surface area (Å²) in [7, 11) is 1.61. The Kier molecular flexibility index (Phi) is 6.25. The van der Waals surface area contributed by atoms with E-state index in [-0.39, 0.29) is 0 Å². The Hall–Kier alpha value is -3.24. The fraction of sp³-hybridized carbons (Fsp3) is 0.273. The third-order valence-electron chi connectivity index (χ3n) is 4.62. The van der Waals surface area contributed by atoms with Gasteiger partial charge in [0.05, 0.1) is 19.1 Å². The molecule has 6 nitrogen and oxygen atoms in total. The largest absolute Gasteiger partial charge is 0.497 e. The number of aryl methyl sites for hydroxylation is 1. The van der Waals surface area contributed by atoms with Crippen molar-refractivity contribution in [1.29, 1.82) is 5.26 Å². The molecule has 2 atom stereocenters. The van der Waals surface area contributed by atoms with Crippen molar-refractivity contribution < 1.29 is 19.1 Å². The van der Waals surface area contributed by atoms with Crippen molar-refractivity contribution >= 4 is 33.9 Å². The van der Waals surface area contributed by atoms with E-state index >= 15 is 0 Å². The lowest BCUT2D eigenvalue weighted by atomic mass is 9.98. The zero-order valence-electron chi connectivity index (χ0n) is 16.3. The zero-order valence-corrected chi connectivity index (χ0v) is 17.2. The number of hydrogen-bond donors (Lipinski definition) is 0. The summed E-state index contributed by atoms with van der Waals surface area (Å²) in [5.41, 5.74) is 1.53. The van der Waals surface area contributed by atoms with Crippen LogP contribution in [0.25, 0.3) is 10.8 Å². The van der Waals surface area contributed by atoms with Crippen molar-refractivity contribution in [3.8, 4) is 11.8 Å². The number of carbonyl (C=O) groups is 2. The lowest BCUT2D eigenvalue weighted by Gasteiger charge is -2.13. The maximum Gasteiger partial charge on any atom is 0.313 e. The van der Waals surface area contributed by atoms with Crippen LogP contribution in [0.1, 0.15) is 35.0 Å². The van der Waals surface area contributed by atoms with Gasteiger partial charge in [0.15, 0.2) is 18.3 Å². The first-order chi connectivity index (χ1) is 13.9. The van der Waals surface area contributed by atoms with E-state index < -0.39 is 30.2 Å². The lowest BCUT2D eigenvalue weighted by Crippen LogP contribution is -2.22. The molecule has 0 radical (unpaired) electrons. The summed E-state index contributed by atoms with van der Waals surface area (Å²) in [5, 5.41) is 13.5. The summed E-state index contributed by atoms with van der Waals surface area (Å²) in [6, 6.07) is 13.3. The summed E-state index contributed by atoms with van der Waals surface area (Å²) in [5.74, 6) is -1.80. The van der Waals surface area contributed by atoms with Crippen LogP contribution in [-0.2, 0) is 14.3 Å². The molecule has 0 aliphatic carbocycles. The molecule has 1 heterocycles. The van der Waals surface area contributed by atoms with Crippen LogP contribution >= 0.6 is 11.3 Å². The van der Waals surface area contributed by atoms with Gasteiger partial charge in [0, 0.05) is 11.1 Å². The predicted octanol–water partition coefficient (Wildman–Crippen LogP) is 4.14. The molecule has 0 saturated heterocycles. The van der Waals surface area contributed by atoms with Crippen molar-refractivity contribution in [1.82, 2.24) is 4.98 Å². The smallest absolute Gasteiger partial charge is 0.313 e. The molecular formula is C22H20N2O4S. The van der Waals surface area contributed by atoms with E-state index in [4.69, 9.17) is 9.47 Å². The number of esters is 1. The third-order valence-corrected chi connectivity index (χ3v) is 5.64. The van der Waals surface area contributed by atoms with E-state index in [0.29, 0.717) is 5.01 Å². The van der Waals surface area contributed by atoms with Gasteiger partial charge in [-0.15, -0.1) is 11.3 Å². The van der Waals surface area contributed by atoms with Crippen LogP contribution in [0.5, 0.6) is 5.75 Å². The number of fused-ring (bicyclic) bond motifs is 1. The fourth-order valence-electron chi connectivity index (χ4n) is 2.89. The predicted molar refractivity (Wildman–Crippen MR) is 110 cm³/mol. The second kappa shape index (κ2) is 8.84. The summed E-state index contributed by atoms with van der Waals surface area (Å²) >= 11 is 1.25. The van der Waals surface area contributed by atoms with Crippen LogP contribution in [0.4, 0.5) is 0 Å². The van der Waals surface area contributed by atoms with Crippen LogP contribution in [0.3, 0.4) is 0 Å². The van der Waals surface area contributed by atoms with Gasteiger partial charge in [0.1, 0.15) is 10.8 Å². The maximum atomic E-state index is 12.4. The molecule has 0 N–H and O–H groups in total. The summed E-state index contributed by atoms with van der Waals surface area (Å²) < 4.78 is 10.4. The molecular weight excluding hydrogens is 388 g/mol. The first-order valence-electron chi connectivity index (χ1n) is 9.01. The van der Waals surface area contributed by atoms with E-state index in [0.717, 1.165) is 27.8 Å². The van der Waals surface area contributed by atoms with Crippen LogP contribution in [0.15, 0.2) is 41.8 Å². The molecule has 3 aromatic rings. The minimum Gasteiger partial charge on any atom is -0.497 e. The number of benzene rings is 2. The van der Waals surface area contributed by atoms with E-state index in [1.807, 2.05) is 42.5 Å². The van der Waals surface area contributed by atoms with Crippen LogP contribution in [-0.4, -0.2) is 30.5 Å². The monoisotopic (exact) mass is 408 g/mol. The topological polar surface area (TPSA) is 89.3 Å². The Morgan fingerprint density at radius 3 is 2.59 bits per heavy atom. The Morgan fingerprint density at radius 2 is 1.93 bits per heavy atom. The van der Waals surface area contributed by atoms with Gasteiger partial charge in [-0.3, -0.25) is 9.59 Å². The van der Waals surface area contributed by atoms with Crippen molar-refractivity contribution in [3.63, 3.8) is 0 Å². The van der Waals surface area contributed by atoms with E-state index in [9.17, 15) is 14.9 Å². The second-order valence-electron chi connectivity index (χ2n) is 6.66. The van der Waals surface area contributed by atoms with Crippen molar-refractivity contribution in [2.75, 3.05) is 13.7 Å². The molecule has 0 saturated carbocycles. The van der Waals surface area contributed by atoms with Gasteiger partial charge < -0.3 is 9.47 Å². The number of ketones is 1. The summed E-state index contributed by atoms with van der Waals surface area (Å²) in [6.07, 6.45) is 0. The average Bonchev–Trinajstić information content (AvgIpc) is 3.16. The minimum atomic E-state index is -1.02. The number of thiazole rings is 1. The molecule has 1 aromatic heterocycles. The van der Waals surface area contributed by atoms with Crippen LogP contribution in [0.2, 0.25) is 0 Å². The highest BCUT2D eigenvalue weighted by Gasteiger charge is 2.26. The number of carbonyl (C=O) groups excluding carboxylic acids is 2. The molecule has 0 bridgehead atoms. The van der Waals surface area contributed by atoms with Crippen LogP contribution in [0, 0.1) is 18.3 Å². The molecule has 0 spiro atoms. The Labute approximate surface area is 172 Å². The number of ether oxygens (including phenoxy) is 2. The highest BCUT2D eigenvalue weighted by atomic mass is 32.1. The number of nitriles is 1. The molecule has 0 aliphatic heterocycles. The fourth-order valence-corrected chi connectivity index (χ4v) is 3.76. The number of rotatable bonds is 7. The van der Waals surface area contributed by atoms with Crippen molar-refractivity contribution in [3.05, 3.63) is 58.0 Å². The Bertz CT molecular complexity index is 1100. The zero-order chi connectivity index (χ0) is 21.0. The number of hydrogen-bond acceptors (Lipinski definition) is 7. The minimum absolute atomic E-state index is 0.420. The molecule has 0 fully saturated rings. The van der Waals surface area contributed by atoms with E-state index in [1.165, 1.54) is 11.3 Å². The quantitative estimate of drug-likeness (QED) is 0.546. The van der Waals surface area contributed by atoms with Gasteiger partial charge in [-0.2, -0.15) is 5.26 Å². The highest BCUT2D eigenvalue weighted by Crippen LogP contribution is 2.26. The van der Waals surface area contributed by atoms with Gasteiger partial charge in [-0.1, -0.05) is 24.3 Å². The first kappa shape index (κ1) is 20.5. The first-order valence-corrected chi connectivity index (χ1v) is 9.89. The summed E-state index contributed by atoms with van der Waals surface area (Å²) in [6.45, 7) is 3.06. The molecule has 7 heteroatoms. The Balaban J connectivity index is 1.66. The van der Waals surface area contributed by atoms with Crippen LogP contribution < -0.4 is 4.74 Å². The highest BCUT2D eigenvalue weighted by molar-refractivity contribution is 7.09. The van der Waals surface area contributed by atoms with Gasteiger partial charge in [0.25, 0.3) is 0 Å². The van der Waals surface area contributed by atoms with Crippen molar-refractivity contribution in [2.45, 2.75) is 25.7 Å². The molecule has 0 aliphatic rings. The van der Waals surface area contributed by atoms with Crippen molar-refractivity contribution in [2.24, 2.45) is 0 Å². The molecule has 3 rings (SSSR count). The Morgan fingerprint density at radius 1 is 1.21 bits per heavy atom. The molecule has 148 valence electrons. The second-order valence-corrected chi connectivity index (χ2v) is 7.55. The summed E-state index contributed by atoms with van der Waals surface area (Å²) in [4.78, 5) is 29.0. The van der Waals surface area contributed by atoms with Gasteiger partial charge in [0.2, 0.25) is 0 Å². The van der Waals surface area contributed by atoms with E-state index in [1.54, 1.807) is 26.3 Å². The van der Waals surface area contributed by atoms with E-state index in [2.05, 4.69) is 4.98 Å². The maximum absolute atomic E-state index is 12.4. The number of methoxy groups -OCH3 is 1. The standard InChI is InChI=1S/C22H20N2O4S/c1-13-12-29-21(24-13)19(10-23)20(25)11-28-22(26)14(2)15-4-5-17-9-18(27-3)7-6-16(17)8-15/h4-9,12,14,19H,11H2,1-3H3/t14-,19+/m0/s1. The van der Waals surface area contributed by atoms with Gasteiger partial charge in [-0.25, -0.2) is 4.98 Å². The lowest BCUT2D eigenvalue weighted by molar-refractivity contribution is -0.149. The normalized spacial score (nSPS) is 12.8.